The molecule has 1 aromatic carbocycles. The van der Waals surface area contributed by atoms with Crippen LogP contribution in [0, 0.1) is 25.2 Å². The van der Waals surface area contributed by atoms with Crippen LogP contribution in [-0.2, 0) is 13.6 Å². The van der Waals surface area contributed by atoms with Gasteiger partial charge in [-0.2, -0.15) is 20.0 Å². The van der Waals surface area contributed by atoms with Gasteiger partial charge in [-0.15, -0.1) is 0 Å². The maximum absolute atomic E-state index is 13.0. The Bertz CT molecular complexity index is 1520. The Morgan fingerprint density at radius 2 is 2.06 bits per heavy atom. The number of fused-ring (bicyclic) bond motifs is 7. The summed E-state index contributed by atoms with van der Waals surface area (Å²) in [5.74, 6) is 1.16. The standard InChI is InChI=1S/C23H22N8O2/c1-12-5-6-18-16(7-12)13(2)33-20-8-15(10-26-22(20)25)21-17(28-29(4)19(21)9-24)11-30-14(3)27-23(32)31(18)30/h5-8,10,13H,11H2,1-4H3,(H2,25,26)/t13-/m1/s1. The second-order valence-electron chi connectivity index (χ2n) is 8.15. The van der Waals surface area contributed by atoms with E-state index < -0.39 is 11.8 Å². The third kappa shape index (κ3) is 3.17. The molecule has 33 heavy (non-hydrogen) atoms. The maximum Gasteiger partial charge on any atom is 0.368 e. The third-order valence-corrected chi connectivity index (χ3v) is 5.90. The molecule has 0 saturated carbocycles. The molecule has 1 atom stereocenters. The first-order chi connectivity index (χ1) is 15.8. The highest BCUT2D eigenvalue weighted by Gasteiger charge is 2.25. The van der Waals surface area contributed by atoms with Crippen LogP contribution in [0.25, 0.3) is 16.8 Å². The molecule has 0 aliphatic carbocycles. The molecule has 0 radical (unpaired) electrons. The molecule has 5 rings (SSSR count). The van der Waals surface area contributed by atoms with Gasteiger partial charge >= 0.3 is 5.69 Å². The van der Waals surface area contributed by atoms with Gasteiger partial charge in [-0.3, -0.25) is 9.36 Å². The van der Waals surface area contributed by atoms with Crippen molar-refractivity contribution in [2.45, 2.75) is 33.4 Å². The highest BCUT2D eigenvalue weighted by atomic mass is 16.5. The van der Waals surface area contributed by atoms with Gasteiger partial charge in [-0.1, -0.05) is 17.7 Å². The summed E-state index contributed by atoms with van der Waals surface area (Å²) in [4.78, 5) is 21.5. The molecular formula is C23H22N8O2. The molecule has 10 heteroatoms. The van der Waals surface area contributed by atoms with Crippen molar-refractivity contribution in [1.29, 1.82) is 5.26 Å². The Morgan fingerprint density at radius 1 is 1.27 bits per heavy atom. The number of rotatable bonds is 0. The van der Waals surface area contributed by atoms with Crippen LogP contribution in [0.5, 0.6) is 5.75 Å². The normalized spacial score (nSPS) is 14.7. The van der Waals surface area contributed by atoms with Crippen LogP contribution < -0.4 is 16.2 Å². The van der Waals surface area contributed by atoms with Gasteiger partial charge in [0.2, 0.25) is 0 Å². The van der Waals surface area contributed by atoms with Gasteiger partial charge in [0.25, 0.3) is 0 Å². The summed E-state index contributed by atoms with van der Waals surface area (Å²) in [7, 11) is 1.71. The molecule has 2 bridgehead atoms. The monoisotopic (exact) mass is 442 g/mol. The highest BCUT2D eigenvalue weighted by Crippen LogP contribution is 2.36. The number of nitrogen functional groups attached to an aromatic ring is 1. The van der Waals surface area contributed by atoms with Crippen molar-refractivity contribution in [3.8, 4) is 28.6 Å². The lowest BCUT2D eigenvalue weighted by Crippen LogP contribution is -2.25. The number of nitrogens with zero attached hydrogens (tertiary/aromatic N) is 7. The smallest absolute Gasteiger partial charge is 0.368 e. The summed E-state index contributed by atoms with van der Waals surface area (Å²) in [5, 5.41) is 14.4. The summed E-state index contributed by atoms with van der Waals surface area (Å²) >= 11 is 0. The van der Waals surface area contributed by atoms with E-state index in [-0.39, 0.29) is 12.4 Å². The predicted molar refractivity (Wildman–Crippen MR) is 121 cm³/mol. The van der Waals surface area contributed by atoms with E-state index in [4.69, 9.17) is 10.5 Å². The van der Waals surface area contributed by atoms with Gasteiger partial charge in [0, 0.05) is 29.9 Å². The minimum absolute atomic E-state index is 0.230. The van der Waals surface area contributed by atoms with Crippen LogP contribution in [0.3, 0.4) is 0 Å². The molecule has 0 unspecified atom stereocenters. The number of ether oxygens (including phenoxy) is 1. The Kier molecular flexibility index (Phi) is 4.56. The molecule has 2 N–H and O–H groups in total. The molecule has 3 aromatic heterocycles. The molecule has 4 aromatic rings. The Balaban J connectivity index is 1.89. The molecular weight excluding hydrogens is 420 g/mol. The first kappa shape index (κ1) is 20.5. The molecule has 1 aliphatic heterocycles. The fourth-order valence-corrected chi connectivity index (χ4v) is 4.31. The number of nitriles is 1. The third-order valence-electron chi connectivity index (χ3n) is 5.90. The minimum atomic E-state index is -0.446. The topological polar surface area (TPSA) is 130 Å². The van der Waals surface area contributed by atoms with Crippen molar-refractivity contribution >= 4 is 5.82 Å². The molecule has 0 amide bonds. The van der Waals surface area contributed by atoms with E-state index in [9.17, 15) is 10.1 Å². The fraction of sp³-hybridized carbons (Fsp3) is 0.261. The van der Waals surface area contributed by atoms with Crippen LogP contribution in [-0.4, -0.2) is 29.1 Å². The Hall–Kier alpha value is -4.39. The summed E-state index contributed by atoms with van der Waals surface area (Å²) in [5.41, 5.74) is 10.5. The zero-order valence-electron chi connectivity index (χ0n) is 18.7. The van der Waals surface area contributed by atoms with Crippen LogP contribution in [0.15, 0.2) is 35.3 Å². The number of nitrogens with two attached hydrogens (primary N) is 1. The molecule has 10 nitrogen and oxygen atoms in total. The number of hydrogen-bond acceptors (Lipinski definition) is 7. The molecule has 4 heterocycles. The number of benzene rings is 1. The second-order valence-corrected chi connectivity index (χ2v) is 8.15. The summed E-state index contributed by atoms with van der Waals surface area (Å²) in [6, 6.07) is 9.81. The van der Waals surface area contributed by atoms with E-state index in [0.717, 1.165) is 11.1 Å². The molecule has 0 saturated heterocycles. The quantitative estimate of drug-likeness (QED) is 0.442. The van der Waals surface area contributed by atoms with Crippen molar-refractivity contribution in [1.82, 2.24) is 29.1 Å². The lowest BCUT2D eigenvalue weighted by Gasteiger charge is -2.22. The molecule has 1 aliphatic rings. The zero-order valence-corrected chi connectivity index (χ0v) is 18.7. The first-order valence-electron chi connectivity index (χ1n) is 10.4. The molecule has 0 spiro atoms. The Labute approximate surface area is 189 Å². The minimum Gasteiger partial charge on any atom is -0.482 e. The van der Waals surface area contributed by atoms with E-state index in [1.54, 1.807) is 30.9 Å². The van der Waals surface area contributed by atoms with Crippen LogP contribution in [0.1, 0.15) is 41.4 Å². The van der Waals surface area contributed by atoms with Crippen LogP contribution in [0.4, 0.5) is 5.82 Å². The molecule has 0 fully saturated rings. The summed E-state index contributed by atoms with van der Waals surface area (Å²) in [6.45, 7) is 5.88. The Morgan fingerprint density at radius 3 is 2.82 bits per heavy atom. The van der Waals surface area contributed by atoms with Crippen molar-refractivity contribution in [2.24, 2.45) is 7.05 Å². The van der Waals surface area contributed by atoms with E-state index in [2.05, 4.69) is 21.1 Å². The van der Waals surface area contributed by atoms with Gasteiger partial charge in [0.15, 0.2) is 11.6 Å². The second kappa shape index (κ2) is 7.34. The average molecular weight is 442 g/mol. The van der Waals surface area contributed by atoms with Crippen LogP contribution >= 0.6 is 0 Å². The maximum atomic E-state index is 13.0. The van der Waals surface area contributed by atoms with Crippen molar-refractivity contribution in [3.05, 3.63) is 69.3 Å². The lowest BCUT2D eigenvalue weighted by atomic mass is 10.0. The van der Waals surface area contributed by atoms with Gasteiger partial charge in [-0.25, -0.2) is 9.78 Å². The van der Waals surface area contributed by atoms with Crippen LogP contribution in [0.2, 0.25) is 0 Å². The first-order valence-corrected chi connectivity index (χ1v) is 10.4. The van der Waals surface area contributed by atoms with E-state index in [1.807, 2.05) is 32.0 Å². The van der Waals surface area contributed by atoms with Gasteiger partial charge in [0.05, 0.1) is 17.9 Å². The van der Waals surface area contributed by atoms with E-state index >= 15 is 0 Å². The summed E-state index contributed by atoms with van der Waals surface area (Å²) in [6.07, 6.45) is 1.16. The number of hydrogen-bond donors (Lipinski definition) is 1. The zero-order chi connectivity index (χ0) is 23.4. The van der Waals surface area contributed by atoms with E-state index in [1.165, 1.54) is 9.36 Å². The van der Waals surface area contributed by atoms with E-state index in [0.29, 0.717) is 39.8 Å². The van der Waals surface area contributed by atoms with Gasteiger partial charge in [-0.05, 0) is 32.9 Å². The van der Waals surface area contributed by atoms with Crippen molar-refractivity contribution < 1.29 is 4.74 Å². The predicted octanol–water partition coefficient (Wildman–Crippen LogP) is 2.40. The van der Waals surface area contributed by atoms with Gasteiger partial charge in [0.1, 0.15) is 23.7 Å². The SMILES string of the molecule is Cc1ccc2c(c1)[C@@H](C)Oc1cc(cnc1N)-c1c(nn(C)c1C#N)Cn1c(C)nc(=O)n1-2. The van der Waals surface area contributed by atoms with Gasteiger partial charge < -0.3 is 10.5 Å². The average Bonchev–Trinajstić information content (AvgIpc) is 3.23. The van der Waals surface area contributed by atoms with Crippen molar-refractivity contribution in [3.63, 3.8) is 0 Å². The number of anilines is 1. The molecule has 166 valence electrons. The lowest BCUT2D eigenvalue weighted by molar-refractivity contribution is 0.227. The fourth-order valence-electron chi connectivity index (χ4n) is 4.31. The number of pyridine rings is 1. The number of aryl methyl sites for hydroxylation is 3. The number of aromatic nitrogens is 6. The van der Waals surface area contributed by atoms with Crippen molar-refractivity contribution in [2.75, 3.05) is 5.73 Å². The largest absolute Gasteiger partial charge is 0.482 e. The highest BCUT2D eigenvalue weighted by molar-refractivity contribution is 5.73. The summed E-state index contributed by atoms with van der Waals surface area (Å²) < 4.78 is 11.1.